The van der Waals surface area contributed by atoms with Crippen LogP contribution in [0.15, 0.2) is 42.6 Å². The van der Waals surface area contributed by atoms with Gasteiger partial charge in [-0.3, -0.25) is 4.79 Å². The Bertz CT molecular complexity index is 851. The minimum atomic E-state index is -0.0878. The highest BCUT2D eigenvalue weighted by molar-refractivity contribution is 6.30. The van der Waals surface area contributed by atoms with Gasteiger partial charge in [0.25, 0.3) is 5.91 Å². The molecule has 3 aromatic rings. The molecule has 7 nitrogen and oxygen atoms in total. The Labute approximate surface area is 143 Å². The molecule has 0 spiro atoms. The molecule has 1 amide bonds. The molecule has 2 heterocycles. The molecule has 24 heavy (non-hydrogen) atoms. The highest BCUT2D eigenvalue weighted by Crippen LogP contribution is 2.17. The highest BCUT2D eigenvalue weighted by Gasteiger charge is 2.12. The van der Waals surface area contributed by atoms with E-state index in [0.717, 1.165) is 5.75 Å². The van der Waals surface area contributed by atoms with Crippen molar-refractivity contribution in [1.82, 2.24) is 24.9 Å². The summed E-state index contributed by atoms with van der Waals surface area (Å²) in [5.41, 5.74) is 1.14. The van der Waals surface area contributed by atoms with Gasteiger partial charge in [-0.2, -0.15) is 4.52 Å². The molecule has 0 aliphatic rings. The predicted molar refractivity (Wildman–Crippen MR) is 89.3 cm³/mol. The first-order valence-electron chi connectivity index (χ1n) is 7.45. The van der Waals surface area contributed by atoms with Crippen LogP contribution in [0.1, 0.15) is 16.8 Å². The van der Waals surface area contributed by atoms with E-state index in [2.05, 4.69) is 15.5 Å². The smallest absolute Gasteiger partial charge is 0.255 e. The third kappa shape index (κ3) is 3.80. The molecule has 0 radical (unpaired) electrons. The second-order valence-electron chi connectivity index (χ2n) is 5.29. The quantitative estimate of drug-likeness (QED) is 0.641. The van der Waals surface area contributed by atoms with Gasteiger partial charge in [0.2, 0.25) is 0 Å². The third-order valence-corrected chi connectivity index (χ3v) is 3.72. The van der Waals surface area contributed by atoms with Crippen molar-refractivity contribution in [2.75, 3.05) is 20.2 Å². The Hall–Kier alpha value is -2.67. The van der Waals surface area contributed by atoms with Crippen LogP contribution in [0, 0.1) is 0 Å². The Morgan fingerprint density at radius 3 is 3.04 bits per heavy atom. The predicted octanol–water partition coefficient (Wildman–Crippen LogP) is 2.32. The summed E-state index contributed by atoms with van der Waals surface area (Å²) in [5.74, 6) is 0.635. The molecule has 124 valence electrons. The molecule has 0 unspecified atom stereocenters. The van der Waals surface area contributed by atoms with Crippen LogP contribution in [-0.2, 0) is 0 Å². The van der Waals surface area contributed by atoms with Crippen LogP contribution >= 0.6 is 11.6 Å². The zero-order valence-corrected chi connectivity index (χ0v) is 13.8. The van der Waals surface area contributed by atoms with Crippen molar-refractivity contribution in [3.63, 3.8) is 0 Å². The summed E-state index contributed by atoms with van der Waals surface area (Å²) < 4.78 is 7.09. The summed E-state index contributed by atoms with van der Waals surface area (Å²) in [4.78, 5) is 14.1. The Kier molecular flexibility index (Phi) is 4.90. The molecule has 0 aliphatic carbocycles. The fourth-order valence-corrected chi connectivity index (χ4v) is 2.42. The molecule has 1 aromatic carbocycles. The van der Waals surface area contributed by atoms with E-state index in [4.69, 9.17) is 16.3 Å². The lowest BCUT2D eigenvalue weighted by Gasteiger charge is -2.17. The number of pyridine rings is 1. The molecule has 8 heteroatoms. The molecule has 2 aromatic heterocycles. The molecular weight excluding hydrogens is 330 g/mol. The van der Waals surface area contributed by atoms with Crippen molar-refractivity contribution < 1.29 is 9.53 Å². The second kappa shape index (κ2) is 7.27. The summed E-state index contributed by atoms with van der Waals surface area (Å²) >= 11 is 5.90. The summed E-state index contributed by atoms with van der Waals surface area (Å²) in [7, 11) is 1.76. The number of hydrogen-bond donors (Lipinski definition) is 0. The maximum atomic E-state index is 12.4. The summed E-state index contributed by atoms with van der Waals surface area (Å²) in [5, 5.41) is 11.8. The zero-order valence-electron chi connectivity index (χ0n) is 13.1. The minimum absolute atomic E-state index is 0.0878. The first-order valence-corrected chi connectivity index (χ1v) is 7.83. The SMILES string of the molecule is CN(CCCOc1cccc(Cl)c1)C(=O)c1ccc2nnnn2c1. The van der Waals surface area contributed by atoms with E-state index in [9.17, 15) is 4.79 Å². The van der Waals surface area contributed by atoms with Gasteiger partial charge in [-0.05, 0) is 47.2 Å². The van der Waals surface area contributed by atoms with Crippen molar-refractivity contribution in [2.24, 2.45) is 0 Å². The van der Waals surface area contributed by atoms with Crippen molar-refractivity contribution in [3.05, 3.63) is 53.2 Å². The molecule has 3 rings (SSSR count). The van der Waals surface area contributed by atoms with Gasteiger partial charge in [0.15, 0.2) is 5.65 Å². The van der Waals surface area contributed by atoms with Gasteiger partial charge in [-0.25, -0.2) is 0 Å². The van der Waals surface area contributed by atoms with Gasteiger partial charge < -0.3 is 9.64 Å². The average Bonchev–Trinajstić information content (AvgIpc) is 3.05. The summed E-state index contributed by atoms with van der Waals surface area (Å²) in [6, 6.07) is 10.7. The normalized spacial score (nSPS) is 10.8. The van der Waals surface area contributed by atoms with Crippen LogP contribution in [-0.4, -0.2) is 51.0 Å². The van der Waals surface area contributed by atoms with Gasteiger partial charge in [0.05, 0.1) is 12.2 Å². The van der Waals surface area contributed by atoms with Crippen LogP contribution in [0.4, 0.5) is 0 Å². The van der Waals surface area contributed by atoms with E-state index in [1.54, 1.807) is 42.4 Å². The van der Waals surface area contributed by atoms with Gasteiger partial charge in [-0.1, -0.05) is 17.7 Å². The number of benzene rings is 1. The number of ether oxygens (including phenoxy) is 1. The average molecular weight is 346 g/mol. The van der Waals surface area contributed by atoms with Crippen molar-refractivity contribution in [1.29, 1.82) is 0 Å². The number of hydrogen-bond acceptors (Lipinski definition) is 5. The molecular formula is C16H16ClN5O2. The summed E-state index contributed by atoms with van der Waals surface area (Å²) in [6.45, 7) is 1.08. The number of carbonyl (C=O) groups excluding carboxylic acids is 1. The van der Waals surface area contributed by atoms with E-state index < -0.39 is 0 Å². The monoisotopic (exact) mass is 345 g/mol. The lowest BCUT2D eigenvalue weighted by Crippen LogP contribution is -2.28. The number of carbonyl (C=O) groups is 1. The van der Waals surface area contributed by atoms with Crippen LogP contribution < -0.4 is 4.74 Å². The van der Waals surface area contributed by atoms with E-state index >= 15 is 0 Å². The van der Waals surface area contributed by atoms with Crippen LogP contribution in [0.2, 0.25) is 5.02 Å². The molecule has 0 atom stereocenters. The number of nitrogens with zero attached hydrogens (tertiary/aromatic N) is 5. The number of tetrazole rings is 1. The van der Waals surface area contributed by atoms with Crippen LogP contribution in [0.25, 0.3) is 5.65 Å². The number of halogens is 1. The molecule has 0 fully saturated rings. The van der Waals surface area contributed by atoms with E-state index in [0.29, 0.717) is 35.8 Å². The van der Waals surface area contributed by atoms with Gasteiger partial charge in [-0.15, -0.1) is 5.10 Å². The van der Waals surface area contributed by atoms with E-state index in [-0.39, 0.29) is 5.91 Å². The number of amides is 1. The van der Waals surface area contributed by atoms with Gasteiger partial charge in [0.1, 0.15) is 5.75 Å². The highest BCUT2D eigenvalue weighted by atomic mass is 35.5. The Morgan fingerprint density at radius 1 is 1.33 bits per heavy atom. The summed E-state index contributed by atoms with van der Waals surface area (Å²) in [6.07, 6.45) is 2.33. The fraction of sp³-hybridized carbons (Fsp3) is 0.250. The van der Waals surface area contributed by atoms with E-state index in [1.807, 2.05) is 12.1 Å². The zero-order chi connectivity index (χ0) is 16.9. The topological polar surface area (TPSA) is 72.6 Å². The Morgan fingerprint density at radius 2 is 2.21 bits per heavy atom. The lowest BCUT2D eigenvalue weighted by atomic mass is 10.2. The minimum Gasteiger partial charge on any atom is -0.493 e. The third-order valence-electron chi connectivity index (χ3n) is 3.49. The molecule has 0 saturated carbocycles. The standard InChI is InChI=1S/C16H16ClN5O2/c1-21(8-3-9-24-14-5-2-4-13(17)10-14)16(23)12-6-7-15-18-19-20-22(15)11-12/h2,4-7,10-11H,3,8-9H2,1H3. The maximum Gasteiger partial charge on any atom is 0.255 e. The maximum absolute atomic E-state index is 12.4. The molecule has 0 aliphatic heterocycles. The van der Waals surface area contributed by atoms with Crippen LogP contribution in [0.3, 0.4) is 0 Å². The fourth-order valence-electron chi connectivity index (χ4n) is 2.24. The van der Waals surface area contributed by atoms with Gasteiger partial charge in [0, 0.05) is 24.8 Å². The van der Waals surface area contributed by atoms with E-state index in [1.165, 1.54) is 4.52 Å². The number of rotatable bonds is 6. The van der Waals surface area contributed by atoms with Gasteiger partial charge >= 0.3 is 0 Å². The second-order valence-corrected chi connectivity index (χ2v) is 5.72. The molecule has 0 saturated heterocycles. The first-order chi connectivity index (χ1) is 11.6. The Balaban J connectivity index is 1.50. The molecule has 0 bridgehead atoms. The number of fused-ring (bicyclic) bond motifs is 1. The van der Waals surface area contributed by atoms with Crippen molar-refractivity contribution in [3.8, 4) is 5.75 Å². The van der Waals surface area contributed by atoms with Crippen molar-refractivity contribution in [2.45, 2.75) is 6.42 Å². The molecule has 0 N–H and O–H groups in total. The first kappa shape index (κ1) is 16.2. The number of aromatic nitrogens is 4. The lowest BCUT2D eigenvalue weighted by molar-refractivity contribution is 0.0787. The van der Waals surface area contributed by atoms with Crippen molar-refractivity contribution >= 4 is 23.2 Å². The van der Waals surface area contributed by atoms with Crippen LogP contribution in [0.5, 0.6) is 5.75 Å². The largest absolute Gasteiger partial charge is 0.493 e.